The van der Waals surface area contributed by atoms with Crippen molar-refractivity contribution < 1.29 is 13.5 Å². The van der Waals surface area contributed by atoms with Crippen molar-refractivity contribution in [3.05, 3.63) is 63.6 Å². The van der Waals surface area contributed by atoms with Crippen molar-refractivity contribution in [3.63, 3.8) is 0 Å². The first-order chi connectivity index (χ1) is 9.97. The van der Waals surface area contributed by atoms with E-state index in [4.69, 9.17) is 10.5 Å². The van der Waals surface area contributed by atoms with E-state index in [1.54, 1.807) is 24.3 Å². The van der Waals surface area contributed by atoms with Crippen molar-refractivity contribution in [1.29, 1.82) is 0 Å². The number of halogens is 3. The van der Waals surface area contributed by atoms with Gasteiger partial charge in [-0.1, -0.05) is 18.2 Å². The highest BCUT2D eigenvalue weighted by Gasteiger charge is 2.12. The summed E-state index contributed by atoms with van der Waals surface area (Å²) >= 11 is 3.11. The Labute approximate surface area is 131 Å². The lowest BCUT2D eigenvalue weighted by atomic mass is 10.1. The van der Waals surface area contributed by atoms with Crippen LogP contribution in [0.15, 0.2) is 40.9 Å². The normalized spacial score (nSPS) is 12.2. The predicted octanol–water partition coefficient (Wildman–Crippen LogP) is 4.20. The van der Waals surface area contributed by atoms with Crippen molar-refractivity contribution in [1.82, 2.24) is 0 Å². The summed E-state index contributed by atoms with van der Waals surface area (Å²) < 4.78 is 33.0. The first-order valence-corrected chi connectivity index (χ1v) is 7.36. The average molecular weight is 356 g/mol. The fourth-order valence-electron chi connectivity index (χ4n) is 2.01. The van der Waals surface area contributed by atoms with E-state index in [-0.39, 0.29) is 24.2 Å². The van der Waals surface area contributed by atoms with Gasteiger partial charge in [0, 0.05) is 6.04 Å². The molecule has 0 aromatic heterocycles. The second-order valence-corrected chi connectivity index (χ2v) is 5.80. The molecule has 0 fully saturated rings. The first-order valence-electron chi connectivity index (χ1n) is 6.57. The molecule has 5 heteroatoms. The summed E-state index contributed by atoms with van der Waals surface area (Å²) in [4.78, 5) is 0. The fourth-order valence-corrected chi connectivity index (χ4v) is 2.43. The van der Waals surface area contributed by atoms with Crippen LogP contribution in [0.1, 0.15) is 18.1 Å². The Hall–Kier alpha value is -1.46. The van der Waals surface area contributed by atoms with Gasteiger partial charge in [-0.15, -0.1) is 0 Å². The van der Waals surface area contributed by atoms with Gasteiger partial charge in [0.05, 0.1) is 4.47 Å². The highest BCUT2D eigenvalue weighted by molar-refractivity contribution is 9.10. The number of para-hydroxylation sites is 1. The minimum atomic E-state index is -0.422. The van der Waals surface area contributed by atoms with Gasteiger partial charge >= 0.3 is 0 Å². The first kappa shape index (κ1) is 15.9. The van der Waals surface area contributed by atoms with Gasteiger partial charge < -0.3 is 10.5 Å². The summed E-state index contributed by atoms with van der Waals surface area (Å²) in [6.45, 7) is 2.01. The van der Waals surface area contributed by atoms with Crippen LogP contribution < -0.4 is 10.5 Å². The Balaban J connectivity index is 2.17. The van der Waals surface area contributed by atoms with E-state index in [0.717, 1.165) is 11.1 Å². The second kappa shape index (κ2) is 7.00. The van der Waals surface area contributed by atoms with Crippen LogP contribution in [-0.2, 0) is 13.0 Å². The molecule has 2 nitrogen and oxygen atoms in total. The van der Waals surface area contributed by atoms with E-state index >= 15 is 0 Å². The minimum Gasteiger partial charge on any atom is -0.486 e. The molecule has 0 bridgehead atoms. The van der Waals surface area contributed by atoms with Crippen LogP contribution >= 0.6 is 15.9 Å². The maximum atomic E-state index is 13.9. The van der Waals surface area contributed by atoms with Gasteiger partial charge in [0.15, 0.2) is 11.6 Å². The van der Waals surface area contributed by atoms with Gasteiger partial charge in [-0.25, -0.2) is 8.78 Å². The summed E-state index contributed by atoms with van der Waals surface area (Å²) in [5.41, 5.74) is 7.24. The third-order valence-electron chi connectivity index (χ3n) is 2.96. The van der Waals surface area contributed by atoms with Crippen LogP contribution in [0.5, 0.6) is 5.75 Å². The van der Waals surface area contributed by atoms with Crippen LogP contribution in [0.3, 0.4) is 0 Å². The summed E-state index contributed by atoms with van der Waals surface area (Å²) in [5, 5.41) is 0. The molecule has 0 aliphatic heterocycles. The zero-order chi connectivity index (χ0) is 15.4. The van der Waals surface area contributed by atoms with Crippen molar-refractivity contribution in [2.24, 2.45) is 5.73 Å². The Morgan fingerprint density at radius 3 is 2.62 bits per heavy atom. The highest BCUT2D eigenvalue weighted by atomic mass is 79.9. The average Bonchev–Trinajstić information content (AvgIpc) is 2.41. The largest absolute Gasteiger partial charge is 0.486 e. The van der Waals surface area contributed by atoms with Crippen molar-refractivity contribution >= 4 is 15.9 Å². The number of nitrogens with two attached hydrogens (primary N) is 1. The third-order valence-corrected chi connectivity index (χ3v) is 3.57. The molecule has 112 valence electrons. The summed E-state index contributed by atoms with van der Waals surface area (Å²) in [6.07, 6.45) is 0.528. The Bertz CT molecular complexity index is 632. The molecule has 0 amide bonds. The van der Waals surface area contributed by atoms with Gasteiger partial charge in [-0.3, -0.25) is 0 Å². The smallest absolute Gasteiger partial charge is 0.165 e. The molecule has 0 heterocycles. The summed E-state index contributed by atoms with van der Waals surface area (Å²) in [5.74, 6) is -0.563. The number of ether oxygens (including phenoxy) is 1. The van der Waals surface area contributed by atoms with E-state index < -0.39 is 5.82 Å². The predicted molar refractivity (Wildman–Crippen MR) is 82.2 cm³/mol. The molecule has 2 aromatic rings. The number of hydrogen-bond acceptors (Lipinski definition) is 2. The van der Waals surface area contributed by atoms with Crippen LogP contribution in [0.2, 0.25) is 0 Å². The Morgan fingerprint density at radius 1 is 1.19 bits per heavy atom. The number of rotatable bonds is 5. The van der Waals surface area contributed by atoms with Gasteiger partial charge in [0.25, 0.3) is 0 Å². The second-order valence-electron chi connectivity index (χ2n) is 4.95. The van der Waals surface area contributed by atoms with E-state index in [9.17, 15) is 8.78 Å². The van der Waals surface area contributed by atoms with Crippen LogP contribution in [0.4, 0.5) is 8.78 Å². The van der Waals surface area contributed by atoms with Crippen molar-refractivity contribution in [2.75, 3.05) is 0 Å². The molecule has 1 atom stereocenters. The quantitative estimate of drug-likeness (QED) is 0.872. The highest BCUT2D eigenvalue weighted by Crippen LogP contribution is 2.25. The topological polar surface area (TPSA) is 35.2 Å². The molecular weight excluding hydrogens is 340 g/mol. The molecule has 1 unspecified atom stereocenters. The van der Waals surface area contributed by atoms with E-state index in [0.29, 0.717) is 10.9 Å². The monoisotopic (exact) mass is 355 g/mol. The van der Waals surface area contributed by atoms with Crippen LogP contribution in [-0.4, -0.2) is 6.04 Å². The van der Waals surface area contributed by atoms with Crippen LogP contribution in [0.25, 0.3) is 0 Å². The molecule has 0 spiro atoms. The molecule has 0 saturated carbocycles. The van der Waals surface area contributed by atoms with E-state index in [2.05, 4.69) is 15.9 Å². The molecule has 2 rings (SSSR count). The summed E-state index contributed by atoms with van der Waals surface area (Å²) in [6, 6.07) is 9.24. The minimum absolute atomic E-state index is 0.0888. The number of hydrogen-bond donors (Lipinski definition) is 1. The Kier molecular flexibility index (Phi) is 5.31. The lowest BCUT2D eigenvalue weighted by Crippen LogP contribution is -2.18. The lowest BCUT2D eigenvalue weighted by molar-refractivity contribution is 0.286. The van der Waals surface area contributed by atoms with E-state index in [1.165, 1.54) is 12.1 Å². The maximum absolute atomic E-state index is 13.9. The van der Waals surface area contributed by atoms with Crippen LogP contribution in [0, 0.1) is 11.6 Å². The number of benzene rings is 2. The summed E-state index contributed by atoms with van der Waals surface area (Å²) in [7, 11) is 0. The SMILES string of the molecule is CC(N)Cc1cccc(F)c1OCc1ccc(F)c(Br)c1. The molecule has 2 aromatic carbocycles. The van der Waals surface area contributed by atoms with Crippen molar-refractivity contribution in [2.45, 2.75) is 26.0 Å². The van der Waals surface area contributed by atoms with Gasteiger partial charge in [0.1, 0.15) is 12.4 Å². The molecular formula is C16H16BrF2NO. The molecule has 0 radical (unpaired) electrons. The maximum Gasteiger partial charge on any atom is 0.165 e. The standard InChI is InChI=1S/C16H16BrF2NO/c1-10(20)7-12-3-2-4-15(19)16(12)21-9-11-5-6-14(18)13(17)8-11/h2-6,8,10H,7,9,20H2,1H3. The van der Waals surface area contributed by atoms with Crippen molar-refractivity contribution in [3.8, 4) is 5.75 Å². The third kappa shape index (κ3) is 4.25. The zero-order valence-electron chi connectivity index (χ0n) is 11.6. The molecule has 0 saturated heterocycles. The lowest BCUT2D eigenvalue weighted by Gasteiger charge is -2.14. The van der Waals surface area contributed by atoms with Gasteiger partial charge in [-0.05, 0) is 58.6 Å². The molecule has 21 heavy (non-hydrogen) atoms. The molecule has 0 aliphatic carbocycles. The van der Waals surface area contributed by atoms with Gasteiger partial charge in [0.2, 0.25) is 0 Å². The zero-order valence-corrected chi connectivity index (χ0v) is 13.2. The Morgan fingerprint density at radius 2 is 1.95 bits per heavy atom. The molecule has 2 N–H and O–H groups in total. The van der Waals surface area contributed by atoms with E-state index in [1.807, 2.05) is 6.92 Å². The van der Waals surface area contributed by atoms with Gasteiger partial charge in [-0.2, -0.15) is 0 Å². The molecule has 0 aliphatic rings. The fraction of sp³-hybridized carbons (Fsp3) is 0.250.